The summed E-state index contributed by atoms with van der Waals surface area (Å²) in [5.74, 6) is 0.451. The van der Waals surface area contributed by atoms with E-state index in [0.29, 0.717) is 5.92 Å². The first-order valence-corrected chi connectivity index (χ1v) is 5.84. The predicted octanol–water partition coefficient (Wildman–Crippen LogP) is 2.81. The Morgan fingerprint density at radius 3 is 2.33 bits per heavy atom. The minimum atomic E-state index is -0.159. The lowest BCUT2D eigenvalue weighted by Gasteiger charge is -2.19. The van der Waals surface area contributed by atoms with E-state index in [0.717, 1.165) is 25.7 Å². The lowest BCUT2D eigenvalue weighted by atomic mass is 9.92. The Morgan fingerprint density at radius 2 is 1.80 bits per heavy atom. The first-order valence-electron chi connectivity index (χ1n) is 5.84. The predicted molar refractivity (Wildman–Crippen MR) is 62.6 cm³/mol. The van der Waals surface area contributed by atoms with Gasteiger partial charge < -0.3 is 5.11 Å². The molecule has 0 amide bonds. The van der Waals surface area contributed by atoms with Gasteiger partial charge in [-0.2, -0.15) is 0 Å². The second-order valence-electron chi connectivity index (χ2n) is 4.04. The molecule has 0 radical (unpaired) electrons. The van der Waals surface area contributed by atoms with Crippen LogP contribution in [-0.4, -0.2) is 16.2 Å². The lowest BCUT2D eigenvalue weighted by molar-refractivity contribution is 0.0945. The minimum absolute atomic E-state index is 0.159. The summed E-state index contributed by atoms with van der Waals surface area (Å²) in [5.41, 5.74) is 1.26. The molecule has 0 aliphatic rings. The molecule has 2 nitrogen and oxygen atoms in total. The molecule has 1 N–H and O–H groups in total. The van der Waals surface area contributed by atoms with Crippen molar-refractivity contribution in [2.75, 3.05) is 0 Å². The molecule has 1 atom stereocenters. The average molecular weight is 207 g/mol. The van der Waals surface area contributed by atoms with Crippen molar-refractivity contribution in [3.05, 3.63) is 30.1 Å². The summed E-state index contributed by atoms with van der Waals surface area (Å²) in [5, 5.41) is 9.95. The van der Waals surface area contributed by atoms with Gasteiger partial charge in [-0.15, -0.1) is 0 Å². The number of rotatable bonds is 6. The molecule has 1 unspecified atom stereocenters. The number of aryl methyl sites for hydroxylation is 1. The minimum Gasteiger partial charge on any atom is -0.393 e. The summed E-state index contributed by atoms with van der Waals surface area (Å²) in [6.45, 7) is 4.29. The van der Waals surface area contributed by atoms with Crippen LogP contribution in [0.25, 0.3) is 0 Å². The Labute approximate surface area is 92.4 Å². The van der Waals surface area contributed by atoms with E-state index >= 15 is 0 Å². The maximum absolute atomic E-state index is 9.95. The molecule has 15 heavy (non-hydrogen) atoms. The van der Waals surface area contributed by atoms with Crippen molar-refractivity contribution in [1.82, 2.24) is 4.98 Å². The molecule has 0 spiro atoms. The van der Waals surface area contributed by atoms with E-state index in [9.17, 15) is 5.11 Å². The van der Waals surface area contributed by atoms with E-state index in [1.54, 1.807) is 12.4 Å². The van der Waals surface area contributed by atoms with Gasteiger partial charge in [-0.25, -0.2) is 0 Å². The number of nitrogens with zero attached hydrogens (tertiary/aromatic N) is 1. The summed E-state index contributed by atoms with van der Waals surface area (Å²) in [6, 6.07) is 4.03. The normalized spacial score (nSPS) is 13.1. The molecule has 84 valence electrons. The van der Waals surface area contributed by atoms with Gasteiger partial charge in [0.1, 0.15) is 0 Å². The zero-order valence-electron chi connectivity index (χ0n) is 9.69. The van der Waals surface area contributed by atoms with Gasteiger partial charge in [0.15, 0.2) is 0 Å². The summed E-state index contributed by atoms with van der Waals surface area (Å²) in [7, 11) is 0. The zero-order valence-corrected chi connectivity index (χ0v) is 9.69. The van der Waals surface area contributed by atoms with Crippen LogP contribution >= 0.6 is 0 Å². The van der Waals surface area contributed by atoms with Crippen LogP contribution in [0, 0.1) is 5.92 Å². The van der Waals surface area contributed by atoms with E-state index in [-0.39, 0.29) is 6.10 Å². The van der Waals surface area contributed by atoms with Crippen LogP contribution < -0.4 is 0 Å². The molecule has 0 saturated carbocycles. The SMILES string of the molecule is CCC(CC)C(O)CCc1ccncc1. The molecule has 0 fully saturated rings. The second-order valence-corrected chi connectivity index (χ2v) is 4.04. The Morgan fingerprint density at radius 1 is 1.20 bits per heavy atom. The van der Waals surface area contributed by atoms with Crippen molar-refractivity contribution >= 4 is 0 Å². The molecular weight excluding hydrogens is 186 g/mol. The fourth-order valence-corrected chi connectivity index (χ4v) is 1.93. The van der Waals surface area contributed by atoms with E-state index in [1.165, 1.54) is 5.56 Å². The highest BCUT2D eigenvalue weighted by Gasteiger charge is 2.14. The molecule has 0 saturated heterocycles. The number of aliphatic hydroxyl groups is 1. The van der Waals surface area contributed by atoms with Crippen molar-refractivity contribution in [1.29, 1.82) is 0 Å². The van der Waals surface area contributed by atoms with Crippen LogP contribution in [0.3, 0.4) is 0 Å². The fourth-order valence-electron chi connectivity index (χ4n) is 1.93. The van der Waals surface area contributed by atoms with Crippen molar-refractivity contribution in [3.63, 3.8) is 0 Å². The van der Waals surface area contributed by atoms with Crippen molar-refractivity contribution in [2.45, 2.75) is 45.6 Å². The summed E-state index contributed by atoms with van der Waals surface area (Å²) in [6.07, 6.45) is 7.38. The van der Waals surface area contributed by atoms with Crippen molar-refractivity contribution in [3.8, 4) is 0 Å². The third-order valence-electron chi connectivity index (χ3n) is 3.07. The van der Waals surface area contributed by atoms with Crippen LogP contribution in [0.15, 0.2) is 24.5 Å². The van der Waals surface area contributed by atoms with E-state index in [1.807, 2.05) is 12.1 Å². The third-order valence-corrected chi connectivity index (χ3v) is 3.07. The highest BCUT2D eigenvalue weighted by molar-refractivity contribution is 5.09. The first-order chi connectivity index (χ1) is 7.27. The maximum atomic E-state index is 9.95. The quantitative estimate of drug-likeness (QED) is 0.778. The third kappa shape index (κ3) is 4.00. The fraction of sp³-hybridized carbons (Fsp3) is 0.615. The summed E-state index contributed by atoms with van der Waals surface area (Å²) >= 11 is 0. The Balaban J connectivity index is 2.36. The molecule has 1 aromatic rings. The Bertz CT molecular complexity index is 256. The highest BCUT2D eigenvalue weighted by atomic mass is 16.3. The molecule has 1 aromatic heterocycles. The number of hydrogen-bond donors (Lipinski definition) is 1. The molecule has 0 aliphatic heterocycles. The van der Waals surface area contributed by atoms with Gasteiger partial charge in [-0.3, -0.25) is 4.98 Å². The van der Waals surface area contributed by atoms with E-state index in [4.69, 9.17) is 0 Å². The summed E-state index contributed by atoms with van der Waals surface area (Å²) in [4.78, 5) is 3.98. The van der Waals surface area contributed by atoms with Crippen molar-refractivity contribution < 1.29 is 5.11 Å². The Kier molecular flexibility index (Phi) is 5.33. The van der Waals surface area contributed by atoms with Gasteiger partial charge in [0, 0.05) is 12.4 Å². The second kappa shape index (κ2) is 6.57. The van der Waals surface area contributed by atoms with Gasteiger partial charge in [-0.1, -0.05) is 26.7 Å². The monoisotopic (exact) mass is 207 g/mol. The van der Waals surface area contributed by atoms with Crippen LogP contribution in [0.4, 0.5) is 0 Å². The molecule has 0 aliphatic carbocycles. The van der Waals surface area contributed by atoms with Gasteiger partial charge >= 0.3 is 0 Å². The lowest BCUT2D eigenvalue weighted by Crippen LogP contribution is -2.19. The van der Waals surface area contributed by atoms with E-state index < -0.39 is 0 Å². The standard InChI is InChI=1S/C13H21NO/c1-3-12(4-2)13(15)6-5-11-7-9-14-10-8-11/h7-10,12-13,15H,3-6H2,1-2H3. The summed E-state index contributed by atoms with van der Waals surface area (Å²) < 4.78 is 0. The van der Waals surface area contributed by atoms with Gasteiger partial charge in [0.2, 0.25) is 0 Å². The van der Waals surface area contributed by atoms with E-state index in [2.05, 4.69) is 18.8 Å². The molecule has 1 heterocycles. The molecule has 0 bridgehead atoms. The first kappa shape index (κ1) is 12.2. The van der Waals surface area contributed by atoms with Crippen LogP contribution in [0.2, 0.25) is 0 Å². The maximum Gasteiger partial charge on any atom is 0.0571 e. The molecule has 2 heteroatoms. The van der Waals surface area contributed by atoms with Gasteiger partial charge in [0.25, 0.3) is 0 Å². The smallest absolute Gasteiger partial charge is 0.0571 e. The van der Waals surface area contributed by atoms with Crippen LogP contribution in [0.1, 0.15) is 38.7 Å². The van der Waals surface area contributed by atoms with Crippen molar-refractivity contribution in [2.24, 2.45) is 5.92 Å². The molecule has 1 rings (SSSR count). The number of hydrogen-bond acceptors (Lipinski definition) is 2. The number of pyridine rings is 1. The van der Waals surface area contributed by atoms with Gasteiger partial charge in [0.05, 0.1) is 6.10 Å². The van der Waals surface area contributed by atoms with Crippen LogP contribution in [0.5, 0.6) is 0 Å². The Hall–Kier alpha value is -0.890. The van der Waals surface area contributed by atoms with Crippen LogP contribution in [-0.2, 0) is 6.42 Å². The average Bonchev–Trinajstić information content (AvgIpc) is 2.29. The van der Waals surface area contributed by atoms with Gasteiger partial charge in [-0.05, 0) is 36.5 Å². The number of aromatic nitrogens is 1. The molecule has 0 aromatic carbocycles. The number of aliphatic hydroxyl groups excluding tert-OH is 1. The zero-order chi connectivity index (χ0) is 11.1. The topological polar surface area (TPSA) is 33.1 Å². The largest absolute Gasteiger partial charge is 0.393 e. The highest BCUT2D eigenvalue weighted by Crippen LogP contribution is 2.17. The molecular formula is C13H21NO.